The van der Waals surface area contributed by atoms with Crippen molar-refractivity contribution in [3.8, 4) is 11.5 Å². The molecule has 1 unspecified atom stereocenters. The van der Waals surface area contributed by atoms with Crippen LogP contribution in [-0.2, 0) is 17.8 Å². The van der Waals surface area contributed by atoms with Gasteiger partial charge in [-0.05, 0) is 66.2 Å². The molecule has 3 aromatic carbocycles. The molecule has 7 nitrogen and oxygen atoms in total. The average molecular weight is 490 g/mol. The number of methoxy groups -OCH3 is 2. The number of carbonyl (C=O) groups is 1. The highest BCUT2D eigenvalue weighted by Gasteiger charge is 2.17. The van der Waals surface area contributed by atoms with Crippen LogP contribution in [0.1, 0.15) is 23.6 Å². The smallest absolute Gasteiger partial charge is 0.262 e. The maximum Gasteiger partial charge on any atom is 0.262 e. The fourth-order valence-corrected chi connectivity index (χ4v) is 4.25. The van der Waals surface area contributed by atoms with E-state index in [1.807, 2.05) is 60.7 Å². The van der Waals surface area contributed by atoms with E-state index in [9.17, 15) is 9.59 Å². The summed E-state index contributed by atoms with van der Waals surface area (Å²) in [6.45, 7) is 0.183. The Morgan fingerprint density at radius 2 is 1.60 bits per heavy atom. The number of hydrogen-bond donors (Lipinski definition) is 2. The monoisotopic (exact) mass is 489 g/mol. The van der Waals surface area contributed by atoms with Crippen molar-refractivity contribution in [2.45, 2.75) is 25.4 Å². The summed E-state index contributed by atoms with van der Waals surface area (Å²) >= 11 is 5.37. The van der Waals surface area contributed by atoms with Crippen LogP contribution in [0.2, 0.25) is 0 Å². The van der Waals surface area contributed by atoms with Gasteiger partial charge < -0.3 is 19.8 Å². The molecule has 0 saturated heterocycles. The van der Waals surface area contributed by atoms with Crippen molar-refractivity contribution in [2.24, 2.45) is 0 Å². The first kappa shape index (κ1) is 24.2. The van der Waals surface area contributed by atoms with Crippen molar-refractivity contribution < 1.29 is 14.3 Å². The molecule has 35 heavy (non-hydrogen) atoms. The van der Waals surface area contributed by atoms with Gasteiger partial charge in [-0.2, -0.15) is 0 Å². The summed E-state index contributed by atoms with van der Waals surface area (Å²) in [5, 5.41) is 3.66. The second-order valence-electron chi connectivity index (χ2n) is 8.13. The number of H-pyrrole nitrogens is 1. The molecule has 4 aromatic rings. The highest BCUT2D eigenvalue weighted by molar-refractivity contribution is 7.71. The van der Waals surface area contributed by atoms with Gasteiger partial charge in [0.05, 0.1) is 31.2 Å². The number of aromatic nitrogens is 2. The van der Waals surface area contributed by atoms with E-state index >= 15 is 0 Å². The van der Waals surface area contributed by atoms with E-state index in [4.69, 9.17) is 21.7 Å². The van der Waals surface area contributed by atoms with Gasteiger partial charge >= 0.3 is 0 Å². The van der Waals surface area contributed by atoms with Crippen molar-refractivity contribution in [3.63, 3.8) is 0 Å². The Balaban J connectivity index is 1.52. The van der Waals surface area contributed by atoms with Crippen molar-refractivity contribution in [1.29, 1.82) is 0 Å². The zero-order valence-electron chi connectivity index (χ0n) is 19.6. The quantitative estimate of drug-likeness (QED) is 0.337. The Hall–Kier alpha value is -3.91. The van der Waals surface area contributed by atoms with Crippen molar-refractivity contribution in [1.82, 2.24) is 14.9 Å². The summed E-state index contributed by atoms with van der Waals surface area (Å²) in [6, 6.07) is 22.3. The number of hydrogen-bond acceptors (Lipinski definition) is 5. The topological polar surface area (TPSA) is 85.4 Å². The first-order valence-electron chi connectivity index (χ1n) is 11.3. The fourth-order valence-electron chi connectivity index (χ4n) is 3.97. The third-order valence-corrected chi connectivity index (χ3v) is 6.23. The van der Waals surface area contributed by atoms with Gasteiger partial charge in [-0.1, -0.05) is 36.4 Å². The van der Waals surface area contributed by atoms with Gasteiger partial charge in [-0.3, -0.25) is 14.2 Å². The van der Waals surface area contributed by atoms with E-state index < -0.39 is 0 Å². The number of benzene rings is 3. The lowest BCUT2D eigenvalue weighted by Crippen LogP contribution is -2.32. The second kappa shape index (κ2) is 11.0. The van der Waals surface area contributed by atoms with Gasteiger partial charge in [0.1, 0.15) is 11.5 Å². The molecular formula is C27H27N3O4S. The number of nitrogens with one attached hydrogen (secondary N) is 2. The number of rotatable bonds is 9. The third kappa shape index (κ3) is 5.78. The Morgan fingerprint density at radius 1 is 0.971 bits per heavy atom. The Labute approximate surface area is 208 Å². The van der Waals surface area contributed by atoms with Gasteiger partial charge in [0.25, 0.3) is 5.56 Å². The SMILES string of the molecule is COc1ccc(CC(NC(=O)CCn2c(=S)[nH]c3ccccc3c2=O)c2ccc(OC)cc2)cc1. The molecule has 0 spiro atoms. The molecule has 0 saturated carbocycles. The zero-order valence-corrected chi connectivity index (χ0v) is 20.4. The molecule has 1 heterocycles. The van der Waals surface area contributed by atoms with E-state index in [1.54, 1.807) is 26.4 Å². The summed E-state index contributed by atoms with van der Waals surface area (Å²) in [5.41, 5.74) is 2.49. The van der Waals surface area contributed by atoms with Crippen LogP contribution in [0.5, 0.6) is 11.5 Å². The van der Waals surface area contributed by atoms with Crippen LogP contribution < -0.4 is 20.3 Å². The normalized spacial score (nSPS) is 11.7. The standard InChI is InChI=1S/C27H27N3O4S/c1-33-20-11-7-18(8-12-20)17-24(19-9-13-21(34-2)14-10-19)28-25(31)15-16-30-26(32)22-5-3-4-6-23(22)29-27(30)35/h3-14,24H,15-17H2,1-2H3,(H,28,31)(H,29,35). The molecule has 0 bridgehead atoms. The Bertz CT molecular complexity index is 1430. The number of nitrogens with zero attached hydrogens (tertiary/aromatic N) is 1. The van der Waals surface area contributed by atoms with Gasteiger partial charge in [0.15, 0.2) is 4.77 Å². The minimum Gasteiger partial charge on any atom is -0.497 e. The predicted molar refractivity (Wildman–Crippen MR) is 139 cm³/mol. The molecule has 1 atom stereocenters. The summed E-state index contributed by atoms with van der Waals surface area (Å²) in [5.74, 6) is 1.35. The molecule has 1 aromatic heterocycles. The molecule has 0 aliphatic rings. The maximum absolute atomic E-state index is 13.0. The molecule has 0 radical (unpaired) electrons. The number of amides is 1. The lowest BCUT2D eigenvalue weighted by molar-refractivity contribution is -0.122. The van der Waals surface area contributed by atoms with Crippen LogP contribution in [0.3, 0.4) is 0 Å². The first-order chi connectivity index (χ1) is 17.0. The second-order valence-corrected chi connectivity index (χ2v) is 8.51. The summed E-state index contributed by atoms with van der Waals surface area (Å²) in [7, 11) is 3.24. The lowest BCUT2D eigenvalue weighted by Gasteiger charge is -2.20. The van der Waals surface area contributed by atoms with Gasteiger partial charge in [0, 0.05) is 13.0 Å². The molecule has 180 valence electrons. The predicted octanol–water partition coefficient (Wildman–Crippen LogP) is 4.57. The van der Waals surface area contributed by atoms with Crippen LogP contribution in [0.4, 0.5) is 0 Å². The number of para-hydroxylation sites is 1. The zero-order chi connectivity index (χ0) is 24.8. The molecule has 0 aliphatic heterocycles. The van der Waals surface area contributed by atoms with E-state index in [-0.39, 0.29) is 30.5 Å². The molecule has 4 rings (SSSR count). The molecule has 0 fully saturated rings. The molecule has 1 amide bonds. The third-order valence-electron chi connectivity index (χ3n) is 5.90. The first-order valence-corrected chi connectivity index (χ1v) is 11.7. The largest absolute Gasteiger partial charge is 0.497 e. The van der Waals surface area contributed by atoms with Gasteiger partial charge in [0.2, 0.25) is 5.91 Å². The highest BCUT2D eigenvalue weighted by Crippen LogP contribution is 2.23. The lowest BCUT2D eigenvalue weighted by atomic mass is 9.98. The molecule has 2 N–H and O–H groups in total. The van der Waals surface area contributed by atoms with Crippen molar-refractivity contribution >= 4 is 29.0 Å². The van der Waals surface area contributed by atoms with E-state index in [0.29, 0.717) is 22.1 Å². The minimum atomic E-state index is -0.260. The summed E-state index contributed by atoms with van der Waals surface area (Å²) in [4.78, 5) is 28.9. The Morgan fingerprint density at radius 3 is 2.26 bits per heavy atom. The van der Waals surface area contributed by atoms with E-state index in [2.05, 4.69) is 10.3 Å². The van der Waals surface area contributed by atoms with Crippen molar-refractivity contribution in [2.75, 3.05) is 14.2 Å². The Kier molecular flexibility index (Phi) is 7.62. The summed E-state index contributed by atoms with van der Waals surface area (Å²) in [6.07, 6.45) is 0.711. The summed E-state index contributed by atoms with van der Waals surface area (Å²) < 4.78 is 12.2. The van der Waals surface area contributed by atoms with Crippen LogP contribution in [0.15, 0.2) is 77.6 Å². The number of ether oxygens (including phenoxy) is 2. The fraction of sp³-hybridized carbons (Fsp3) is 0.222. The average Bonchev–Trinajstić information content (AvgIpc) is 2.88. The number of carbonyl (C=O) groups excluding carboxylic acids is 1. The molecular weight excluding hydrogens is 462 g/mol. The van der Waals surface area contributed by atoms with Gasteiger partial charge in [-0.15, -0.1) is 0 Å². The maximum atomic E-state index is 13.0. The van der Waals surface area contributed by atoms with E-state index in [0.717, 1.165) is 22.6 Å². The number of fused-ring (bicyclic) bond motifs is 1. The highest BCUT2D eigenvalue weighted by atomic mass is 32.1. The minimum absolute atomic E-state index is 0.116. The van der Waals surface area contributed by atoms with Crippen LogP contribution in [0, 0.1) is 4.77 Å². The molecule has 8 heteroatoms. The number of aromatic amines is 1. The van der Waals surface area contributed by atoms with Gasteiger partial charge in [-0.25, -0.2) is 0 Å². The molecule has 0 aliphatic carbocycles. The van der Waals surface area contributed by atoms with E-state index in [1.165, 1.54) is 4.57 Å². The van der Waals surface area contributed by atoms with Crippen molar-refractivity contribution in [3.05, 3.63) is 99.0 Å². The van der Waals surface area contributed by atoms with Crippen LogP contribution >= 0.6 is 12.2 Å². The van der Waals surface area contributed by atoms with Crippen LogP contribution in [-0.4, -0.2) is 29.7 Å². The van der Waals surface area contributed by atoms with Crippen LogP contribution in [0.25, 0.3) is 10.9 Å².